The second-order valence-corrected chi connectivity index (χ2v) is 8.52. The van der Waals surface area contributed by atoms with Gasteiger partial charge in [0.25, 0.3) is 11.6 Å². The van der Waals surface area contributed by atoms with E-state index in [-0.39, 0.29) is 5.56 Å². The highest BCUT2D eigenvalue weighted by atomic mass is 32.2. The topological polar surface area (TPSA) is 162 Å². The van der Waals surface area contributed by atoms with Crippen LogP contribution in [0.3, 0.4) is 0 Å². The minimum atomic E-state index is -3.89. The largest absolute Gasteiger partial charge is 0.452 e. The minimum Gasteiger partial charge on any atom is -0.452 e. The maximum Gasteiger partial charge on any atom is 0.338 e. The molecule has 0 saturated carbocycles. The van der Waals surface area contributed by atoms with Crippen LogP contribution in [0.4, 0.5) is 16.2 Å². The van der Waals surface area contributed by atoms with Gasteiger partial charge in [0, 0.05) is 18.0 Å². The lowest BCUT2D eigenvalue weighted by molar-refractivity contribution is -0.387. The number of nitro benzene ring substituents is 1. The Balaban J connectivity index is 2.00. The van der Waals surface area contributed by atoms with Gasteiger partial charge in [0.1, 0.15) is 4.90 Å². The molecule has 0 heterocycles. The molecule has 31 heavy (non-hydrogen) atoms. The van der Waals surface area contributed by atoms with Crippen LogP contribution in [-0.2, 0) is 19.4 Å². The Morgan fingerprint density at radius 1 is 1.13 bits per heavy atom. The first kappa shape index (κ1) is 23.5. The van der Waals surface area contributed by atoms with Crippen LogP contribution < -0.4 is 10.6 Å². The molecule has 12 heteroatoms. The second kappa shape index (κ2) is 9.34. The van der Waals surface area contributed by atoms with Crippen LogP contribution in [0.15, 0.2) is 41.3 Å². The third-order valence-electron chi connectivity index (χ3n) is 4.23. The molecule has 0 unspecified atom stereocenters. The highest BCUT2D eigenvalue weighted by Gasteiger charge is 2.24. The van der Waals surface area contributed by atoms with E-state index in [1.807, 2.05) is 18.3 Å². The zero-order valence-electron chi connectivity index (χ0n) is 16.8. The van der Waals surface area contributed by atoms with Gasteiger partial charge in [-0.25, -0.2) is 18.0 Å². The lowest BCUT2D eigenvalue weighted by Gasteiger charge is -2.11. The van der Waals surface area contributed by atoms with Gasteiger partial charge < -0.3 is 10.1 Å². The van der Waals surface area contributed by atoms with Crippen molar-refractivity contribution in [2.75, 3.05) is 18.2 Å². The Hall–Kier alpha value is -3.80. The number of urea groups is 1. The van der Waals surface area contributed by atoms with Crippen molar-refractivity contribution in [2.24, 2.45) is 0 Å². The summed E-state index contributed by atoms with van der Waals surface area (Å²) < 4.78 is 28.0. The molecule has 2 N–H and O–H groups in total. The Kier molecular flexibility index (Phi) is 7.08. The molecule has 0 aliphatic heterocycles. The number of benzene rings is 2. The third kappa shape index (κ3) is 6.09. The van der Waals surface area contributed by atoms with E-state index in [4.69, 9.17) is 4.74 Å². The number of carbonyl (C=O) groups excluding carboxylic acids is 3. The van der Waals surface area contributed by atoms with Gasteiger partial charge in [-0.05, 0) is 43.2 Å². The molecule has 3 amide bonds. The number of rotatable bonds is 6. The van der Waals surface area contributed by atoms with E-state index in [0.717, 1.165) is 35.6 Å². The molecular formula is C19H19N3O8S. The predicted octanol–water partition coefficient (Wildman–Crippen LogP) is 2.12. The molecule has 0 radical (unpaired) electrons. The van der Waals surface area contributed by atoms with Crippen molar-refractivity contribution in [3.05, 3.63) is 63.2 Å². The summed E-state index contributed by atoms with van der Waals surface area (Å²) in [5.41, 5.74) is 1.13. The first-order chi connectivity index (χ1) is 14.4. The Morgan fingerprint density at radius 2 is 1.81 bits per heavy atom. The fraction of sp³-hybridized carbons (Fsp3) is 0.211. The van der Waals surface area contributed by atoms with E-state index >= 15 is 0 Å². The minimum absolute atomic E-state index is 0.327. The van der Waals surface area contributed by atoms with Gasteiger partial charge >= 0.3 is 12.0 Å². The van der Waals surface area contributed by atoms with E-state index in [9.17, 15) is 32.9 Å². The summed E-state index contributed by atoms with van der Waals surface area (Å²) in [4.78, 5) is 45.5. The van der Waals surface area contributed by atoms with Crippen molar-refractivity contribution in [1.82, 2.24) is 5.32 Å². The smallest absolute Gasteiger partial charge is 0.338 e. The van der Waals surface area contributed by atoms with Crippen LogP contribution in [0, 0.1) is 24.0 Å². The number of esters is 1. The number of imide groups is 1. The standard InChI is InChI=1S/C19H19N3O8S/c1-11-5-4-6-14(12(11)2)20-19(25)21-17(23)10-30-18(24)13-7-8-16(31(3,28)29)15(9-13)22(26)27/h4-9H,10H2,1-3H3,(H2,20,21,23,25). The highest BCUT2D eigenvalue weighted by Crippen LogP contribution is 2.25. The van der Waals surface area contributed by atoms with Crippen LogP contribution >= 0.6 is 0 Å². The maximum atomic E-state index is 12.1. The van der Waals surface area contributed by atoms with Gasteiger partial charge in [0.15, 0.2) is 16.4 Å². The first-order valence-electron chi connectivity index (χ1n) is 8.73. The van der Waals surface area contributed by atoms with Gasteiger partial charge in [-0.3, -0.25) is 20.2 Å². The van der Waals surface area contributed by atoms with E-state index in [1.165, 1.54) is 0 Å². The quantitative estimate of drug-likeness (QED) is 0.385. The molecule has 0 aliphatic carbocycles. The molecule has 11 nitrogen and oxygen atoms in total. The summed E-state index contributed by atoms with van der Waals surface area (Å²) in [6, 6.07) is 7.08. The van der Waals surface area contributed by atoms with Crippen molar-refractivity contribution in [1.29, 1.82) is 0 Å². The van der Waals surface area contributed by atoms with Crippen molar-refractivity contribution < 1.29 is 32.5 Å². The van der Waals surface area contributed by atoms with Gasteiger partial charge in [-0.2, -0.15) is 0 Å². The van der Waals surface area contributed by atoms with Crippen molar-refractivity contribution in [3.63, 3.8) is 0 Å². The summed E-state index contributed by atoms with van der Waals surface area (Å²) >= 11 is 0. The molecule has 164 valence electrons. The molecule has 0 aromatic heterocycles. The number of aryl methyl sites for hydroxylation is 1. The molecule has 0 spiro atoms. The Labute approximate surface area is 177 Å². The summed E-state index contributed by atoms with van der Waals surface area (Å²) in [6.45, 7) is 2.82. The summed E-state index contributed by atoms with van der Waals surface area (Å²) in [7, 11) is -3.89. The van der Waals surface area contributed by atoms with Gasteiger partial charge in [0.2, 0.25) is 0 Å². The van der Waals surface area contributed by atoms with E-state index in [1.54, 1.807) is 19.1 Å². The van der Waals surface area contributed by atoms with Gasteiger partial charge in [-0.15, -0.1) is 0 Å². The molecule has 2 aromatic carbocycles. The Bertz CT molecular complexity index is 1170. The van der Waals surface area contributed by atoms with E-state index in [0.29, 0.717) is 5.69 Å². The summed E-state index contributed by atoms with van der Waals surface area (Å²) in [5.74, 6) is -2.04. The lowest BCUT2D eigenvalue weighted by Crippen LogP contribution is -2.37. The molecular weight excluding hydrogens is 430 g/mol. The molecule has 0 fully saturated rings. The average Bonchev–Trinajstić information content (AvgIpc) is 2.68. The van der Waals surface area contributed by atoms with Crippen LogP contribution in [0.5, 0.6) is 0 Å². The Morgan fingerprint density at radius 3 is 2.42 bits per heavy atom. The monoisotopic (exact) mass is 449 g/mol. The predicted molar refractivity (Wildman–Crippen MR) is 110 cm³/mol. The summed E-state index contributed by atoms with van der Waals surface area (Å²) in [6.07, 6.45) is 0.793. The molecule has 0 aliphatic rings. The number of nitrogens with one attached hydrogen (secondary N) is 2. The summed E-state index contributed by atoms with van der Waals surface area (Å²) in [5, 5.41) is 15.6. The number of amides is 3. The van der Waals surface area contributed by atoms with Crippen LogP contribution in [0.2, 0.25) is 0 Å². The number of sulfone groups is 1. The first-order valence-corrected chi connectivity index (χ1v) is 10.6. The number of nitro groups is 1. The van der Waals surface area contributed by atoms with Crippen molar-refractivity contribution in [2.45, 2.75) is 18.7 Å². The van der Waals surface area contributed by atoms with Crippen molar-refractivity contribution >= 4 is 39.1 Å². The zero-order chi connectivity index (χ0) is 23.3. The van der Waals surface area contributed by atoms with Gasteiger partial charge in [-0.1, -0.05) is 12.1 Å². The molecule has 2 aromatic rings. The van der Waals surface area contributed by atoms with Crippen LogP contribution in [0.25, 0.3) is 0 Å². The lowest BCUT2D eigenvalue weighted by atomic mass is 10.1. The molecule has 0 bridgehead atoms. The third-order valence-corrected chi connectivity index (χ3v) is 5.38. The fourth-order valence-corrected chi connectivity index (χ4v) is 3.35. The fourth-order valence-electron chi connectivity index (χ4n) is 2.52. The number of hydrogen-bond acceptors (Lipinski definition) is 8. The number of anilines is 1. The average molecular weight is 449 g/mol. The van der Waals surface area contributed by atoms with Crippen LogP contribution in [0.1, 0.15) is 21.5 Å². The van der Waals surface area contributed by atoms with E-state index < -0.39 is 49.9 Å². The SMILES string of the molecule is Cc1cccc(NC(=O)NC(=O)COC(=O)c2ccc(S(C)(=O)=O)c([N+](=O)[O-])c2)c1C. The highest BCUT2D eigenvalue weighted by molar-refractivity contribution is 7.90. The molecule has 0 saturated heterocycles. The second-order valence-electron chi connectivity index (χ2n) is 6.54. The maximum absolute atomic E-state index is 12.1. The number of hydrogen-bond donors (Lipinski definition) is 2. The molecule has 0 atom stereocenters. The number of nitrogens with zero attached hydrogens (tertiary/aromatic N) is 1. The van der Waals surface area contributed by atoms with Crippen molar-refractivity contribution in [3.8, 4) is 0 Å². The molecule has 2 rings (SSSR count). The normalized spacial score (nSPS) is 10.8. The van der Waals surface area contributed by atoms with Gasteiger partial charge in [0.05, 0.1) is 10.5 Å². The number of ether oxygens (including phenoxy) is 1. The number of carbonyl (C=O) groups is 3. The zero-order valence-corrected chi connectivity index (χ0v) is 17.6. The van der Waals surface area contributed by atoms with Crippen LogP contribution in [-0.4, -0.2) is 44.1 Å². The van der Waals surface area contributed by atoms with E-state index in [2.05, 4.69) is 5.32 Å².